The average molecular weight is 332 g/mol. The molecule has 0 bridgehead atoms. The highest BCUT2D eigenvalue weighted by Gasteiger charge is 2.12. The average Bonchev–Trinajstić information content (AvgIpc) is 2.46. The molecule has 2 aromatic carbocycles. The van der Waals surface area contributed by atoms with Crippen LogP contribution in [0.4, 0.5) is 0 Å². The maximum Gasteiger partial charge on any atom is 0.0328 e. The van der Waals surface area contributed by atoms with E-state index < -0.39 is 0 Å². The standard InChI is InChI=1S/C18H22BrN/c1-14-11-12-16(17(19)13-14)18(20-2)10-6-9-15-7-4-3-5-8-15/h3-5,7-8,11-13,18,20H,6,9-10H2,1-2H3. The number of nitrogens with one attached hydrogen (secondary N) is 1. The summed E-state index contributed by atoms with van der Waals surface area (Å²) in [6.45, 7) is 2.12. The van der Waals surface area contributed by atoms with Crippen LogP contribution in [0.25, 0.3) is 0 Å². The fraction of sp³-hybridized carbons (Fsp3) is 0.333. The van der Waals surface area contributed by atoms with Crippen LogP contribution in [0.1, 0.15) is 35.6 Å². The molecule has 0 spiro atoms. The van der Waals surface area contributed by atoms with Crippen LogP contribution in [-0.2, 0) is 6.42 Å². The molecule has 1 atom stereocenters. The monoisotopic (exact) mass is 331 g/mol. The molecular weight excluding hydrogens is 310 g/mol. The molecule has 106 valence electrons. The number of benzene rings is 2. The molecule has 2 heteroatoms. The number of hydrogen-bond acceptors (Lipinski definition) is 1. The second-order valence-electron chi connectivity index (χ2n) is 5.24. The van der Waals surface area contributed by atoms with E-state index in [-0.39, 0.29) is 0 Å². The summed E-state index contributed by atoms with van der Waals surface area (Å²) in [5.74, 6) is 0. The van der Waals surface area contributed by atoms with Gasteiger partial charge in [-0.05, 0) is 56.0 Å². The summed E-state index contributed by atoms with van der Waals surface area (Å²) in [6, 6.07) is 17.7. The van der Waals surface area contributed by atoms with Gasteiger partial charge in [-0.25, -0.2) is 0 Å². The molecule has 0 amide bonds. The zero-order valence-corrected chi connectivity index (χ0v) is 13.8. The van der Waals surface area contributed by atoms with Gasteiger partial charge in [0.15, 0.2) is 0 Å². The lowest BCUT2D eigenvalue weighted by atomic mass is 9.98. The topological polar surface area (TPSA) is 12.0 Å². The van der Waals surface area contributed by atoms with Crippen molar-refractivity contribution in [1.82, 2.24) is 5.32 Å². The molecule has 0 radical (unpaired) electrons. The predicted molar refractivity (Wildman–Crippen MR) is 90.1 cm³/mol. The first-order chi connectivity index (χ1) is 9.70. The summed E-state index contributed by atoms with van der Waals surface area (Å²) in [4.78, 5) is 0. The van der Waals surface area contributed by atoms with Gasteiger partial charge in [0.25, 0.3) is 0 Å². The molecule has 20 heavy (non-hydrogen) atoms. The Bertz CT molecular complexity index is 536. The summed E-state index contributed by atoms with van der Waals surface area (Å²) in [5, 5.41) is 3.43. The van der Waals surface area contributed by atoms with Crippen LogP contribution >= 0.6 is 15.9 Å². The fourth-order valence-corrected chi connectivity index (χ4v) is 3.29. The van der Waals surface area contributed by atoms with E-state index in [9.17, 15) is 0 Å². The summed E-state index contributed by atoms with van der Waals surface area (Å²) in [5.41, 5.74) is 4.07. The minimum atomic E-state index is 0.411. The van der Waals surface area contributed by atoms with Gasteiger partial charge in [0, 0.05) is 10.5 Å². The van der Waals surface area contributed by atoms with Crippen molar-refractivity contribution in [2.45, 2.75) is 32.2 Å². The third-order valence-electron chi connectivity index (χ3n) is 3.68. The van der Waals surface area contributed by atoms with E-state index in [1.165, 1.54) is 27.6 Å². The number of aryl methyl sites for hydroxylation is 2. The third kappa shape index (κ3) is 4.19. The maximum atomic E-state index is 3.69. The minimum Gasteiger partial charge on any atom is -0.313 e. The lowest BCUT2D eigenvalue weighted by molar-refractivity contribution is 0.525. The molecule has 1 nitrogen and oxygen atoms in total. The van der Waals surface area contributed by atoms with E-state index in [1.807, 2.05) is 7.05 Å². The Morgan fingerprint density at radius 3 is 2.50 bits per heavy atom. The molecule has 0 aliphatic rings. The fourth-order valence-electron chi connectivity index (χ4n) is 2.53. The van der Waals surface area contributed by atoms with Crippen molar-refractivity contribution in [3.63, 3.8) is 0 Å². The van der Waals surface area contributed by atoms with Crippen molar-refractivity contribution in [3.05, 3.63) is 69.7 Å². The van der Waals surface area contributed by atoms with Crippen LogP contribution in [0.2, 0.25) is 0 Å². The first-order valence-electron chi connectivity index (χ1n) is 7.18. The lowest BCUT2D eigenvalue weighted by Crippen LogP contribution is -2.17. The first-order valence-corrected chi connectivity index (χ1v) is 7.97. The third-order valence-corrected chi connectivity index (χ3v) is 4.37. The van der Waals surface area contributed by atoms with Crippen LogP contribution in [0.3, 0.4) is 0 Å². The van der Waals surface area contributed by atoms with Crippen molar-refractivity contribution in [2.24, 2.45) is 0 Å². The number of hydrogen-bond donors (Lipinski definition) is 1. The van der Waals surface area contributed by atoms with Crippen molar-refractivity contribution in [3.8, 4) is 0 Å². The van der Waals surface area contributed by atoms with Crippen LogP contribution in [0, 0.1) is 6.92 Å². The molecule has 0 aromatic heterocycles. The normalized spacial score (nSPS) is 12.3. The van der Waals surface area contributed by atoms with Gasteiger partial charge in [0.2, 0.25) is 0 Å². The van der Waals surface area contributed by atoms with Crippen LogP contribution < -0.4 is 5.32 Å². The second kappa shape index (κ2) is 7.61. The predicted octanol–water partition coefficient (Wildman–Crippen LogP) is 5.04. The van der Waals surface area contributed by atoms with E-state index in [4.69, 9.17) is 0 Å². The van der Waals surface area contributed by atoms with E-state index in [0.717, 1.165) is 12.8 Å². The van der Waals surface area contributed by atoms with Gasteiger partial charge in [0.1, 0.15) is 0 Å². The quantitative estimate of drug-likeness (QED) is 0.781. The van der Waals surface area contributed by atoms with Gasteiger partial charge in [0.05, 0.1) is 0 Å². The highest BCUT2D eigenvalue weighted by molar-refractivity contribution is 9.10. The van der Waals surface area contributed by atoms with Gasteiger partial charge in [-0.2, -0.15) is 0 Å². The lowest BCUT2D eigenvalue weighted by Gasteiger charge is -2.18. The van der Waals surface area contributed by atoms with Crippen LogP contribution in [0.15, 0.2) is 53.0 Å². The largest absolute Gasteiger partial charge is 0.313 e. The number of halogens is 1. The molecule has 2 aromatic rings. The Morgan fingerprint density at radius 2 is 1.85 bits per heavy atom. The summed E-state index contributed by atoms with van der Waals surface area (Å²) >= 11 is 3.69. The van der Waals surface area contributed by atoms with E-state index in [0.29, 0.717) is 6.04 Å². The second-order valence-corrected chi connectivity index (χ2v) is 6.10. The van der Waals surface area contributed by atoms with E-state index >= 15 is 0 Å². The Labute approximate surface area is 130 Å². The van der Waals surface area contributed by atoms with Gasteiger partial charge < -0.3 is 5.32 Å². The van der Waals surface area contributed by atoms with Crippen LogP contribution in [0.5, 0.6) is 0 Å². The zero-order valence-electron chi connectivity index (χ0n) is 12.2. The van der Waals surface area contributed by atoms with Crippen molar-refractivity contribution in [2.75, 3.05) is 7.05 Å². The molecule has 1 unspecified atom stereocenters. The Hall–Kier alpha value is -1.12. The first kappa shape index (κ1) is 15.3. The molecule has 0 heterocycles. The van der Waals surface area contributed by atoms with E-state index in [2.05, 4.69) is 76.7 Å². The smallest absolute Gasteiger partial charge is 0.0328 e. The molecule has 0 fully saturated rings. The molecule has 0 saturated heterocycles. The van der Waals surface area contributed by atoms with Crippen molar-refractivity contribution >= 4 is 15.9 Å². The maximum absolute atomic E-state index is 3.69. The highest BCUT2D eigenvalue weighted by atomic mass is 79.9. The van der Waals surface area contributed by atoms with E-state index in [1.54, 1.807) is 0 Å². The molecule has 0 saturated carbocycles. The number of rotatable bonds is 6. The van der Waals surface area contributed by atoms with Crippen molar-refractivity contribution < 1.29 is 0 Å². The highest BCUT2D eigenvalue weighted by Crippen LogP contribution is 2.27. The summed E-state index contributed by atoms with van der Waals surface area (Å²) < 4.78 is 1.21. The molecule has 0 aliphatic heterocycles. The summed E-state index contributed by atoms with van der Waals surface area (Å²) in [7, 11) is 2.04. The van der Waals surface area contributed by atoms with Crippen molar-refractivity contribution in [1.29, 1.82) is 0 Å². The van der Waals surface area contributed by atoms with Gasteiger partial charge >= 0.3 is 0 Å². The molecule has 0 aliphatic carbocycles. The summed E-state index contributed by atoms with van der Waals surface area (Å²) in [6.07, 6.45) is 3.48. The molecule has 2 rings (SSSR count). The minimum absolute atomic E-state index is 0.411. The van der Waals surface area contributed by atoms with Gasteiger partial charge in [-0.15, -0.1) is 0 Å². The Morgan fingerprint density at radius 1 is 1.10 bits per heavy atom. The molecular formula is C18H22BrN. The Balaban J connectivity index is 1.95. The van der Waals surface area contributed by atoms with Gasteiger partial charge in [-0.1, -0.05) is 58.4 Å². The van der Waals surface area contributed by atoms with Crippen LogP contribution in [-0.4, -0.2) is 7.05 Å². The van der Waals surface area contributed by atoms with Gasteiger partial charge in [-0.3, -0.25) is 0 Å². The molecule has 1 N–H and O–H groups in total. The Kier molecular flexibility index (Phi) is 5.81. The zero-order chi connectivity index (χ0) is 14.4. The SMILES string of the molecule is CNC(CCCc1ccccc1)c1ccc(C)cc1Br.